The fraction of sp³-hybridized carbons (Fsp3) is 0.188. The number of halogens is 2. The largest absolute Gasteiger partial charge is 0.497 e. The molecule has 0 saturated heterocycles. The minimum absolute atomic E-state index is 0.341. The van der Waals surface area contributed by atoms with Crippen LogP contribution in [0.3, 0.4) is 0 Å². The van der Waals surface area contributed by atoms with E-state index in [9.17, 15) is 4.79 Å². The highest BCUT2D eigenvalue weighted by molar-refractivity contribution is 6.36. The van der Waals surface area contributed by atoms with E-state index in [4.69, 9.17) is 32.7 Å². The normalized spacial score (nSPS) is 10.0. The van der Waals surface area contributed by atoms with E-state index >= 15 is 0 Å². The van der Waals surface area contributed by atoms with Crippen molar-refractivity contribution in [2.75, 3.05) is 25.6 Å². The van der Waals surface area contributed by atoms with Gasteiger partial charge in [-0.05, 0) is 42.5 Å². The Labute approximate surface area is 144 Å². The molecule has 2 N–H and O–H groups in total. The first-order valence-electron chi connectivity index (χ1n) is 6.85. The first-order chi connectivity index (χ1) is 11.1. The number of anilines is 1. The zero-order chi connectivity index (χ0) is 16.7. The topological polar surface area (TPSA) is 59.6 Å². The van der Waals surface area contributed by atoms with E-state index in [2.05, 4.69) is 10.6 Å². The monoisotopic (exact) mass is 354 g/mol. The SMILES string of the molecule is COc1ccc(OCCNC(=O)Nc2ccc(Cl)cc2Cl)cc1. The van der Waals surface area contributed by atoms with Crippen molar-refractivity contribution in [1.29, 1.82) is 0 Å². The van der Waals surface area contributed by atoms with Gasteiger partial charge in [-0.1, -0.05) is 23.2 Å². The number of benzene rings is 2. The fourth-order valence-corrected chi connectivity index (χ4v) is 2.22. The molecule has 2 amide bonds. The van der Waals surface area contributed by atoms with Gasteiger partial charge in [0.05, 0.1) is 24.4 Å². The van der Waals surface area contributed by atoms with Gasteiger partial charge in [0.2, 0.25) is 0 Å². The van der Waals surface area contributed by atoms with Crippen molar-refractivity contribution in [2.45, 2.75) is 0 Å². The molecule has 122 valence electrons. The maximum absolute atomic E-state index is 11.8. The molecule has 0 aliphatic heterocycles. The lowest BCUT2D eigenvalue weighted by atomic mass is 10.3. The van der Waals surface area contributed by atoms with Crippen LogP contribution in [0.5, 0.6) is 11.5 Å². The highest BCUT2D eigenvalue weighted by Crippen LogP contribution is 2.25. The van der Waals surface area contributed by atoms with Gasteiger partial charge >= 0.3 is 6.03 Å². The first kappa shape index (κ1) is 17.2. The summed E-state index contributed by atoms with van der Waals surface area (Å²) in [6, 6.07) is 11.7. The number of rotatable bonds is 6. The van der Waals surface area contributed by atoms with Crippen LogP contribution in [-0.4, -0.2) is 26.3 Å². The van der Waals surface area contributed by atoms with Gasteiger partial charge in [0.1, 0.15) is 18.1 Å². The highest BCUT2D eigenvalue weighted by Gasteiger charge is 2.05. The molecule has 0 aromatic heterocycles. The molecule has 0 atom stereocenters. The summed E-state index contributed by atoms with van der Waals surface area (Å²) in [6.45, 7) is 0.692. The second-order valence-corrected chi connectivity index (χ2v) is 5.37. The number of amides is 2. The van der Waals surface area contributed by atoms with Crippen molar-refractivity contribution < 1.29 is 14.3 Å². The molecule has 2 aromatic rings. The van der Waals surface area contributed by atoms with Crippen LogP contribution in [0.1, 0.15) is 0 Å². The summed E-state index contributed by atoms with van der Waals surface area (Å²) in [4.78, 5) is 11.8. The standard InChI is InChI=1S/C16H16Cl2N2O3/c1-22-12-3-5-13(6-4-12)23-9-8-19-16(21)20-15-7-2-11(17)10-14(15)18/h2-7,10H,8-9H2,1H3,(H2,19,20,21). The number of hydrogen-bond donors (Lipinski definition) is 2. The Balaban J connectivity index is 1.72. The quantitative estimate of drug-likeness (QED) is 0.764. The van der Waals surface area contributed by atoms with Gasteiger partial charge in [0.15, 0.2) is 0 Å². The molecule has 0 aliphatic carbocycles. The van der Waals surface area contributed by atoms with Crippen molar-refractivity contribution in [3.8, 4) is 11.5 Å². The molecule has 7 heteroatoms. The molecule has 0 unspecified atom stereocenters. The lowest BCUT2D eigenvalue weighted by Gasteiger charge is -2.10. The van der Waals surface area contributed by atoms with Crippen LogP contribution in [0.25, 0.3) is 0 Å². The molecule has 2 rings (SSSR count). The molecule has 23 heavy (non-hydrogen) atoms. The molecule has 0 heterocycles. The van der Waals surface area contributed by atoms with Gasteiger partial charge in [-0.25, -0.2) is 4.79 Å². The van der Waals surface area contributed by atoms with Crippen LogP contribution in [0.2, 0.25) is 10.0 Å². The first-order valence-corrected chi connectivity index (χ1v) is 7.61. The van der Waals surface area contributed by atoms with E-state index in [1.54, 1.807) is 49.6 Å². The Morgan fingerprint density at radius 2 is 1.78 bits per heavy atom. The molecule has 0 spiro atoms. The summed E-state index contributed by atoms with van der Waals surface area (Å²) in [7, 11) is 1.60. The maximum atomic E-state index is 11.8. The van der Waals surface area contributed by atoms with Gasteiger partial charge in [-0.15, -0.1) is 0 Å². The molecular weight excluding hydrogens is 339 g/mol. The molecule has 0 saturated carbocycles. The Morgan fingerprint density at radius 1 is 1.09 bits per heavy atom. The van der Waals surface area contributed by atoms with E-state index in [1.807, 2.05) is 0 Å². The van der Waals surface area contributed by atoms with Crippen LogP contribution in [0.15, 0.2) is 42.5 Å². The van der Waals surface area contributed by atoms with Crippen molar-refractivity contribution in [1.82, 2.24) is 5.32 Å². The molecule has 0 radical (unpaired) electrons. The Hall–Kier alpha value is -2.11. The molecule has 0 bridgehead atoms. The summed E-state index contributed by atoms with van der Waals surface area (Å²) in [5.41, 5.74) is 0.490. The lowest BCUT2D eigenvalue weighted by molar-refractivity contribution is 0.247. The van der Waals surface area contributed by atoms with Crippen LogP contribution < -0.4 is 20.1 Å². The zero-order valence-electron chi connectivity index (χ0n) is 12.4. The van der Waals surface area contributed by atoms with Crippen LogP contribution in [0, 0.1) is 0 Å². The Kier molecular flexibility index (Phi) is 6.38. The number of methoxy groups -OCH3 is 1. The van der Waals surface area contributed by atoms with E-state index in [-0.39, 0.29) is 6.03 Å². The van der Waals surface area contributed by atoms with Gasteiger partial charge in [0, 0.05) is 5.02 Å². The molecule has 5 nitrogen and oxygen atoms in total. The van der Waals surface area contributed by atoms with Gasteiger partial charge in [-0.2, -0.15) is 0 Å². The minimum Gasteiger partial charge on any atom is -0.497 e. The van der Waals surface area contributed by atoms with E-state index < -0.39 is 0 Å². The third-order valence-electron chi connectivity index (χ3n) is 2.90. The molecule has 0 fully saturated rings. The number of hydrogen-bond acceptors (Lipinski definition) is 3. The smallest absolute Gasteiger partial charge is 0.319 e. The Bertz CT molecular complexity index is 663. The lowest BCUT2D eigenvalue weighted by Crippen LogP contribution is -2.32. The average molecular weight is 355 g/mol. The van der Waals surface area contributed by atoms with Crippen molar-refractivity contribution in [3.05, 3.63) is 52.5 Å². The van der Waals surface area contributed by atoms with Gasteiger partial charge in [-0.3, -0.25) is 0 Å². The summed E-state index contributed by atoms with van der Waals surface area (Å²) in [5.74, 6) is 1.46. The van der Waals surface area contributed by atoms with Crippen LogP contribution in [0.4, 0.5) is 10.5 Å². The molecular formula is C16H16Cl2N2O3. The Morgan fingerprint density at radius 3 is 2.43 bits per heavy atom. The number of carbonyl (C=O) groups is 1. The number of urea groups is 1. The predicted molar refractivity (Wildman–Crippen MR) is 92.0 cm³/mol. The predicted octanol–water partition coefficient (Wildman–Crippen LogP) is 4.20. The third kappa shape index (κ3) is 5.54. The van der Waals surface area contributed by atoms with Gasteiger partial charge in [0.25, 0.3) is 0 Å². The van der Waals surface area contributed by atoms with Crippen molar-refractivity contribution >= 4 is 34.9 Å². The number of nitrogens with one attached hydrogen (secondary N) is 2. The van der Waals surface area contributed by atoms with E-state index in [0.29, 0.717) is 34.6 Å². The maximum Gasteiger partial charge on any atom is 0.319 e. The average Bonchev–Trinajstić information content (AvgIpc) is 2.55. The van der Waals surface area contributed by atoms with E-state index in [1.165, 1.54) is 0 Å². The summed E-state index contributed by atoms with van der Waals surface area (Å²) in [6.07, 6.45) is 0. The third-order valence-corrected chi connectivity index (χ3v) is 3.44. The van der Waals surface area contributed by atoms with E-state index in [0.717, 1.165) is 5.75 Å². The molecule has 0 aliphatic rings. The fourth-order valence-electron chi connectivity index (χ4n) is 1.76. The highest BCUT2D eigenvalue weighted by atomic mass is 35.5. The second kappa shape index (κ2) is 8.50. The zero-order valence-corrected chi connectivity index (χ0v) is 13.9. The summed E-state index contributed by atoms with van der Waals surface area (Å²) >= 11 is 11.8. The summed E-state index contributed by atoms with van der Waals surface area (Å²) in [5, 5.41) is 6.20. The van der Waals surface area contributed by atoms with Crippen molar-refractivity contribution in [3.63, 3.8) is 0 Å². The minimum atomic E-state index is -0.368. The molecule has 2 aromatic carbocycles. The van der Waals surface area contributed by atoms with Gasteiger partial charge < -0.3 is 20.1 Å². The number of carbonyl (C=O) groups excluding carboxylic acids is 1. The second-order valence-electron chi connectivity index (χ2n) is 4.53. The van der Waals surface area contributed by atoms with Crippen LogP contribution in [-0.2, 0) is 0 Å². The van der Waals surface area contributed by atoms with Crippen molar-refractivity contribution in [2.24, 2.45) is 0 Å². The number of ether oxygens (including phenoxy) is 2. The van der Waals surface area contributed by atoms with Crippen LogP contribution >= 0.6 is 23.2 Å². The summed E-state index contributed by atoms with van der Waals surface area (Å²) < 4.78 is 10.6.